The van der Waals surface area contributed by atoms with E-state index in [9.17, 15) is 61.0 Å². The molecule has 17 atom stereocenters. The van der Waals surface area contributed by atoms with Gasteiger partial charge < -0.3 is 89.9 Å². The van der Waals surface area contributed by atoms with Crippen molar-refractivity contribution in [2.75, 3.05) is 26.4 Å². The molecule has 116 heavy (non-hydrogen) atoms. The van der Waals surface area contributed by atoms with Crippen molar-refractivity contribution in [1.82, 2.24) is 5.32 Å². The summed E-state index contributed by atoms with van der Waals surface area (Å²) in [4.78, 5) is 13.5. The summed E-state index contributed by atoms with van der Waals surface area (Å²) in [5.74, 6) is -0.282. The second-order valence-corrected chi connectivity index (χ2v) is 34.5. The number of aliphatic hydroxyl groups excluding tert-OH is 11. The van der Waals surface area contributed by atoms with E-state index in [4.69, 9.17) is 28.4 Å². The average molecular weight is 1650 g/mol. The summed E-state index contributed by atoms with van der Waals surface area (Å²) < 4.78 is 34.5. The minimum Gasteiger partial charge on any atom is -0.394 e. The Morgan fingerprint density at radius 3 is 0.914 bits per heavy atom. The summed E-state index contributed by atoms with van der Waals surface area (Å²) in [5.41, 5.74) is 0. The normalized spacial score (nSPS) is 24.7. The van der Waals surface area contributed by atoms with Gasteiger partial charge in [-0.2, -0.15) is 0 Å². The van der Waals surface area contributed by atoms with Crippen LogP contribution in [0.25, 0.3) is 0 Å². The van der Waals surface area contributed by atoms with Crippen molar-refractivity contribution in [2.45, 2.75) is 523 Å². The fourth-order valence-corrected chi connectivity index (χ4v) is 16.3. The molecular formula is C97H179NO18. The van der Waals surface area contributed by atoms with Crippen LogP contribution >= 0.6 is 0 Å². The van der Waals surface area contributed by atoms with Gasteiger partial charge in [-0.3, -0.25) is 4.79 Å². The molecule has 0 bridgehead atoms. The van der Waals surface area contributed by atoms with E-state index in [0.717, 1.165) is 51.4 Å². The van der Waals surface area contributed by atoms with Gasteiger partial charge in [0.2, 0.25) is 5.91 Å². The van der Waals surface area contributed by atoms with E-state index >= 15 is 0 Å². The standard InChI is InChI=1S/C97H179NO18/c1-3-5-7-9-11-13-15-17-19-21-23-25-27-29-31-33-35-36-37-38-39-40-41-42-43-44-45-47-49-51-53-55-57-59-61-63-65-67-69-71-73-75-85(103)98-80(81(102)74-72-70-68-66-64-62-60-58-56-54-52-50-48-46-34-32-30-28-26-24-22-20-18-16-14-12-10-8-6-4-2)79-111-95-91(109)88(106)93(83(77-100)113-95)116-97-92(110)89(107)94(84(78-101)114-97)115-96-90(108)87(105)86(104)82(76-99)112-96/h15,17,21,23,56,58,64,66,72,74,80-84,86-97,99-102,104-110H,3-14,16,18-20,22,24-55,57,59-63,65,67-71,73,75-79H2,1-2H3,(H,98,103)/b17-15-,23-21-,58-56+,66-64+,74-72+. The van der Waals surface area contributed by atoms with E-state index in [-0.39, 0.29) is 18.9 Å². The summed E-state index contributed by atoms with van der Waals surface area (Å²) in [6.45, 7) is 1.77. The van der Waals surface area contributed by atoms with Gasteiger partial charge in [0.15, 0.2) is 18.9 Å². The van der Waals surface area contributed by atoms with Crippen molar-refractivity contribution in [2.24, 2.45) is 0 Å². The molecule has 3 rings (SSSR count). The highest BCUT2D eigenvalue weighted by molar-refractivity contribution is 5.76. The summed E-state index contributed by atoms with van der Waals surface area (Å²) in [5, 5.41) is 121. The molecule has 0 saturated carbocycles. The van der Waals surface area contributed by atoms with E-state index in [1.54, 1.807) is 6.08 Å². The molecule has 0 aromatic carbocycles. The van der Waals surface area contributed by atoms with Crippen molar-refractivity contribution < 1.29 is 89.4 Å². The molecule has 3 fully saturated rings. The zero-order valence-electron chi connectivity index (χ0n) is 73.7. The molecule has 0 aliphatic carbocycles. The van der Waals surface area contributed by atoms with Crippen LogP contribution in [0.15, 0.2) is 60.8 Å². The number of nitrogens with one attached hydrogen (secondary N) is 1. The number of hydrogen-bond acceptors (Lipinski definition) is 18. The second-order valence-electron chi connectivity index (χ2n) is 34.5. The van der Waals surface area contributed by atoms with Crippen LogP contribution in [0.4, 0.5) is 0 Å². The Hall–Kier alpha value is -2.51. The summed E-state index contributed by atoms with van der Waals surface area (Å²) in [6, 6.07) is -0.999. The van der Waals surface area contributed by atoms with Crippen LogP contribution in [0.5, 0.6) is 0 Å². The largest absolute Gasteiger partial charge is 0.394 e. The quantitative estimate of drug-likeness (QED) is 0.0199. The lowest BCUT2D eigenvalue weighted by molar-refractivity contribution is -0.379. The number of hydrogen-bond donors (Lipinski definition) is 12. The molecule has 680 valence electrons. The van der Waals surface area contributed by atoms with Crippen LogP contribution in [0.2, 0.25) is 0 Å². The summed E-state index contributed by atoms with van der Waals surface area (Å²) in [7, 11) is 0. The molecule has 0 aromatic rings. The van der Waals surface area contributed by atoms with Gasteiger partial charge >= 0.3 is 0 Å². The molecule has 3 saturated heterocycles. The van der Waals surface area contributed by atoms with Crippen LogP contribution in [0, 0.1) is 0 Å². The molecule has 0 radical (unpaired) electrons. The van der Waals surface area contributed by atoms with E-state index in [0.29, 0.717) is 12.8 Å². The van der Waals surface area contributed by atoms with E-state index in [2.05, 4.69) is 67.8 Å². The molecule has 3 aliphatic rings. The van der Waals surface area contributed by atoms with Crippen molar-refractivity contribution in [3.05, 3.63) is 60.8 Å². The predicted octanol–water partition coefficient (Wildman–Crippen LogP) is 19.7. The Morgan fingerprint density at radius 1 is 0.310 bits per heavy atom. The number of aliphatic hydroxyl groups is 11. The zero-order valence-corrected chi connectivity index (χ0v) is 73.7. The Morgan fingerprint density at radius 2 is 0.578 bits per heavy atom. The van der Waals surface area contributed by atoms with Gasteiger partial charge in [-0.1, -0.05) is 396 Å². The maximum Gasteiger partial charge on any atom is 0.220 e. The van der Waals surface area contributed by atoms with Crippen LogP contribution in [0.1, 0.15) is 418 Å². The van der Waals surface area contributed by atoms with Crippen molar-refractivity contribution >= 4 is 5.91 Å². The maximum absolute atomic E-state index is 13.5. The molecule has 0 aromatic heterocycles. The summed E-state index contributed by atoms with van der Waals surface area (Å²) >= 11 is 0. The van der Waals surface area contributed by atoms with Gasteiger partial charge in [0, 0.05) is 6.42 Å². The van der Waals surface area contributed by atoms with E-state index in [1.807, 2.05) is 6.08 Å². The highest BCUT2D eigenvalue weighted by Crippen LogP contribution is 2.34. The first-order valence-electron chi connectivity index (χ1n) is 48.5. The lowest BCUT2D eigenvalue weighted by atomic mass is 9.96. The molecule has 17 unspecified atom stereocenters. The molecule has 3 heterocycles. The topological polar surface area (TPSA) is 307 Å². The third-order valence-corrected chi connectivity index (χ3v) is 24.0. The first-order chi connectivity index (χ1) is 56.8. The fraction of sp³-hybridized carbons (Fsp3) is 0.887. The van der Waals surface area contributed by atoms with Crippen LogP contribution in [-0.2, 0) is 33.2 Å². The number of carbonyl (C=O) groups is 1. The Bertz CT molecular complexity index is 2320. The number of unbranched alkanes of at least 4 members (excludes halogenated alkanes) is 56. The maximum atomic E-state index is 13.5. The first kappa shape index (κ1) is 108. The molecule has 1 amide bonds. The molecule has 19 nitrogen and oxygen atoms in total. The number of allylic oxidation sites excluding steroid dienone is 9. The number of ether oxygens (including phenoxy) is 6. The average Bonchev–Trinajstić information content (AvgIpc) is 0.783. The molecule has 0 spiro atoms. The van der Waals surface area contributed by atoms with Gasteiger partial charge in [0.25, 0.3) is 0 Å². The monoisotopic (exact) mass is 1650 g/mol. The third kappa shape index (κ3) is 53.5. The van der Waals surface area contributed by atoms with Gasteiger partial charge in [0.1, 0.15) is 73.2 Å². The minimum atomic E-state index is -1.98. The first-order valence-corrected chi connectivity index (χ1v) is 48.5. The minimum absolute atomic E-state index is 0.235. The number of carbonyl (C=O) groups excluding carboxylic acids is 1. The molecule has 3 aliphatic heterocycles. The lowest BCUT2D eigenvalue weighted by Gasteiger charge is -2.48. The number of amides is 1. The SMILES string of the molecule is CCCCCCC/C=C\C/C=C\CCCCCCCCCCCCCCCCCCCCCCCCCCCCCCCC(=O)NC(COC1OC(CO)C(OC2OC(CO)C(OC3OC(CO)C(O)C(O)C3O)C(O)C2O)C(O)C1O)C(O)/C=C/CC/C=C/CC/C=C/CCCCCCCCCCCCCCCCCCCCCC. The highest BCUT2D eigenvalue weighted by atomic mass is 16.8. The number of rotatable bonds is 80. The molecule has 19 heteroatoms. The second kappa shape index (κ2) is 76.2. The van der Waals surface area contributed by atoms with Gasteiger partial charge in [0.05, 0.1) is 38.6 Å². The van der Waals surface area contributed by atoms with E-state index in [1.165, 1.54) is 334 Å². The van der Waals surface area contributed by atoms with E-state index < -0.39 is 124 Å². The predicted molar refractivity (Wildman–Crippen MR) is 471 cm³/mol. The van der Waals surface area contributed by atoms with Crippen LogP contribution < -0.4 is 5.32 Å². The van der Waals surface area contributed by atoms with Crippen molar-refractivity contribution in [1.29, 1.82) is 0 Å². The van der Waals surface area contributed by atoms with Gasteiger partial charge in [-0.15, -0.1) is 0 Å². The van der Waals surface area contributed by atoms with Gasteiger partial charge in [-0.25, -0.2) is 0 Å². The smallest absolute Gasteiger partial charge is 0.220 e. The zero-order chi connectivity index (χ0) is 83.8. The van der Waals surface area contributed by atoms with Crippen LogP contribution in [0.3, 0.4) is 0 Å². The van der Waals surface area contributed by atoms with Crippen molar-refractivity contribution in [3.8, 4) is 0 Å². The van der Waals surface area contributed by atoms with Crippen molar-refractivity contribution in [3.63, 3.8) is 0 Å². The van der Waals surface area contributed by atoms with Gasteiger partial charge in [-0.05, 0) is 77.0 Å². The Kier molecular flexibility index (Phi) is 70.7. The van der Waals surface area contributed by atoms with Crippen LogP contribution in [-0.4, -0.2) is 193 Å². The molecule has 12 N–H and O–H groups in total. The highest BCUT2D eigenvalue weighted by Gasteiger charge is 2.54. The Labute approximate surface area is 706 Å². The third-order valence-electron chi connectivity index (χ3n) is 24.0. The fourth-order valence-electron chi connectivity index (χ4n) is 16.3. The molecular weight excluding hydrogens is 1470 g/mol. The Balaban J connectivity index is 1.30. The lowest BCUT2D eigenvalue weighted by Crippen LogP contribution is -2.66. The summed E-state index contributed by atoms with van der Waals surface area (Å²) in [6.07, 6.45) is 75.5.